The van der Waals surface area contributed by atoms with E-state index in [-0.39, 0.29) is 0 Å². The largest absolute Gasteiger partial charge is 0.380 e. The van der Waals surface area contributed by atoms with Crippen molar-refractivity contribution in [3.63, 3.8) is 0 Å². The Labute approximate surface area is 90.8 Å². The predicted octanol–water partition coefficient (Wildman–Crippen LogP) is 1.37. The summed E-state index contributed by atoms with van der Waals surface area (Å²) in [7, 11) is 0. The van der Waals surface area contributed by atoms with Crippen LogP contribution in [-0.4, -0.2) is 26.3 Å². The zero-order chi connectivity index (χ0) is 10.5. The van der Waals surface area contributed by atoms with Gasteiger partial charge in [-0.1, -0.05) is 18.2 Å². The van der Waals surface area contributed by atoms with Crippen molar-refractivity contribution in [2.24, 2.45) is 5.73 Å². The number of nitrogens with two attached hydrogens (primary N) is 1. The Morgan fingerprint density at radius 3 is 2.93 bits per heavy atom. The summed E-state index contributed by atoms with van der Waals surface area (Å²) in [6, 6.07) is 8.36. The Bertz CT molecular complexity index is 306. The lowest BCUT2D eigenvalue weighted by Crippen LogP contribution is -2.27. The number of para-hydroxylation sites is 1. The van der Waals surface area contributed by atoms with Gasteiger partial charge in [0.25, 0.3) is 0 Å². The highest BCUT2D eigenvalue weighted by Gasteiger charge is 2.12. The van der Waals surface area contributed by atoms with Crippen LogP contribution >= 0.6 is 0 Å². The number of benzene rings is 1. The van der Waals surface area contributed by atoms with E-state index in [9.17, 15) is 0 Å². The van der Waals surface area contributed by atoms with Crippen LogP contribution in [0, 0.1) is 0 Å². The molecule has 0 radical (unpaired) electrons. The average Bonchev–Trinajstić information content (AvgIpc) is 2.57. The summed E-state index contributed by atoms with van der Waals surface area (Å²) in [5, 5.41) is 0. The van der Waals surface area contributed by atoms with Crippen molar-refractivity contribution in [2.45, 2.75) is 13.0 Å². The van der Waals surface area contributed by atoms with Crippen LogP contribution in [0.5, 0.6) is 0 Å². The molecular weight excluding hydrogens is 188 g/mol. The number of hydrogen-bond donors (Lipinski definition) is 1. The van der Waals surface area contributed by atoms with E-state index in [0.29, 0.717) is 6.54 Å². The first-order valence-electron chi connectivity index (χ1n) is 5.52. The number of rotatable bonds is 2. The van der Waals surface area contributed by atoms with E-state index in [0.717, 1.165) is 32.7 Å². The van der Waals surface area contributed by atoms with E-state index in [1.54, 1.807) is 0 Å². The number of anilines is 1. The number of hydrogen-bond acceptors (Lipinski definition) is 3. The third-order valence-electron chi connectivity index (χ3n) is 2.77. The smallest absolute Gasteiger partial charge is 0.0641 e. The van der Waals surface area contributed by atoms with Gasteiger partial charge in [0, 0.05) is 31.9 Å². The van der Waals surface area contributed by atoms with Crippen LogP contribution < -0.4 is 10.6 Å². The molecule has 1 aromatic rings. The molecule has 1 aliphatic rings. The molecule has 0 spiro atoms. The fraction of sp³-hybridized carbons (Fsp3) is 0.500. The van der Waals surface area contributed by atoms with Crippen molar-refractivity contribution in [3.05, 3.63) is 29.8 Å². The van der Waals surface area contributed by atoms with E-state index in [1.807, 2.05) is 6.07 Å². The highest BCUT2D eigenvalue weighted by Crippen LogP contribution is 2.20. The summed E-state index contributed by atoms with van der Waals surface area (Å²) in [5.74, 6) is 0. The molecule has 0 unspecified atom stereocenters. The highest BCUT2D eigenvalue weighted by molar-refractivity contribution is 5.53. The Morgan fingerprint density at radius 1 is 1.20 bits per heavy atom. The van der Waals surface area contributed by atoms with Gasteiger partial charge in [0.2, 0.25) is 0 Å². The van der Waals surface area contributed by atoms with Gasteiger partial charge in [-0.25, -0.2) is 0 Å². The first kappa shape index (κ1) is 10.5. The molecule has 3 heteroatoms. The molecule has 1 heterocycles. The maximum absolute atomic E-state index is 5.74. The van der Waals surface area contributed by atoms with Crippen LogP contribution in [0.25, 0.3) is 0 Å². The van der Waals surface area contributed by atoms with Crippen molar-refractivity contribution in [1.82, 2.24) is 0 Å². The van der Waals surface area contributed by atoms with Crippen molar-refractivity contribution < 1.29 is 4.74 Å². The molecule has 1 fully saturated rings. The van der Waals surface area contributed by atoms with Gasteiger partial charge in [0.1, 0.15) is 0 Å². The first-order chi connectivity index (χ1) is 7.42. The Kier molecular flexibility index (Phi) is 3.59. The van der Waals surface area contributed by atoms with Crippen LogP contribution in [0.4, 0.5) is 5.69 Å². The quantitative estimate of drug-likeness (QED) is 0.794. The lowest BCUT2D eigenvalue weighted by molar-refractivity contribution is 0.152. The zero-order valence-corrected chi connectivity index (χ0v) is 8.98. The zero-order valence-electron chi connectivity index (χ0n) is 8.98. The molecule has 1 aliphatic heterocycles. The van der Waals surface area contributed by atoms with E-state index in [1.165, 1.54) is 11.3 Å². The Morgan fingerprint density at radius 2 is 2.07 bits per heavy atom. The molecule has 1 saturated heterocycles. The molecule has 0 aromatic heterocycles. The molecule has 0 bridgehead atoms. The van der Waals surface area contributed by atoms with Crippen molar-refractivity contribution in [3.8, 4) is 0 Å². The molecule has 0 amide bonds. The van der Waals surface area contributed by atoms with Crippen molar-refractivity contribution in [2.75, 3.05) is 31.2 Å². The molecule has 2 rings (SSSR count). The monoisotopic (exact) mass is 206 g/mol. The van der Waals surface area contributed by atoms with E-state index < -0.39 is 0 Å². The molecule has 0 atom stereocenters. The Balaban J connectivity index is 2.18. The molecule has 2 N–H and O–H groups in total. The minimum atomic E-state index is 0.605. The van der Waals surface area contributed by atoms with Crippen molar-refractivity contribution >= 4 is 5.69 Å². The van der Waals surface area contributed by atoms with Crippen LogP contribution in [0.15, 0.2) is 24.3 Å². The standard InChI is InChI=1S/C12H18N2O/c13-10-11-4-1-2-5-12(11)14-6-3-8-15-9-7-14/h1-2,4-5H,3,6-10,13H2. The summed E-state index contributed by atoms with van der Waals surface area (Å²) in [4.78, 5) is 2.37. The van der Waals surface area contributed by atoms with E-state index >= 15 is 0 Å². The molecule has 3 nitrogen and oxygen atoms in total. The van der Waals surface area contributed by atoms with Gasteiger partial charge in [-0.15, -0.1) is 0 Å². The summed E-state index contributed by atoms with van der Waals surface area (Å²) < 4.78 is 5.45. The van der Waals surface area contributed by atoms with Crippen LogP contribution in [0.3, 0.4) is 0 Å². The van der Waals surface area contributed by atoms with E-state index in [4.69, 9.17) is 10.5 Å². The minimum absolute atomic E-state index is 0.605. The molecule has 15 heavy (non-hydrogen) atoms. The first-order valence-corrected chi connectivity index (χ1v) is 5.52. The fourth-order valence-electron chi connectivity index (χ4n) is 1.98. The number of ether oxygens (including phenoxy) is 1. The SMILES string of the molecule is NCc1ccccc1N1CCCOCC1. The molecular formula is C12H18N2O. The molecule has 0 saturated carbocycles. The lowest BCUT2D eigenvalue weighted by Gasteiger charge is -2.24. The highest BCUT2D eigenvalue weighted by atomic mass is 16.5. The second kappa shape index (κ2) is 5.14. The predicted molar refractivity (Wildman–Crippen MR) is 62.0 cm³/mol. The van der Waals surface area contributed by atoms with Gasteiger partial charge in [0.15, 0.2) is 0 Å². The molecule has 1 aromatic carbocycles. The maximum Gasteiger partial charge on any atom is 0.0641 e. The third-order valence-corrected chi connectivity index (χ3v) is 2.77. The van der Waals surface area contributed by atoms with Crippen LogP contribution in [0.2, 0.25) is 0 Å². The van der Waals surface area contributed by atoms with Crippen molar-refractivity contribution in [1.29, 1.82) is 0 Å². The average molecular weight is 206 g/mol. The Hall–Kier alpha value is -1.06. The van der Waals surface area contributed by atoms with Crippen LogP contribution in [-0.2, 0) is 11.3 Å². The third kappa shape index (κ3) is 2.49. The van der Waals surface area contributed by atoms with Gasteiger partial charge < -0.3 is 15.4 Å². The van der Waals surface area contributed by atoms with Gasteiger partial charge in [-0.2, -0.15) is 0 Å². The maximum atomic E-state index is 5.74. The second-order valence-corrected chi connectivity index (χ2v) is 3.79. The normalized spacial score (nSPS) is 17.5. The molecule has 82 valence electrons. The van der Waals surface area contributed by atoms with Gasteiger partial charge in [0.05, 0.1) is 6.61 Å². The van der Waals surface area contributed by atoms with Crippen LogP contribution in [0.1, 0.15) is 12.0 Å². The van der Waals surface area contributed by atoms with Gasteiger partial charge in [-0.05, 0) is 18.1 Å². The van der Waals surface area contributed by atoms with Gasteiger partial charge >= 0.3 is 0 Å². The molecule has 0 aliphatic carbocycles. The topological polar surface area (TPSA) is 38.5 Å². The van der Waals surface area contributed by atoms with E-state index in [2.05, 4.69) is 23.1 Å². The lowest BCUT2D eigenvalue weighted by atomic mass is 10.1. The summed E-state index contributed by atoms with van der Waals surface area (Å²) in [5.41, 5.74) is 8.23. The second-order valence-electron chi connectivity index (χ2n) is 3.79. The summed E-state index contributed by atoms with van der Waals surface area (Å²) in [6.07, 6.45) is 1.10. The summed E-state index contributed by atoms with van der Waals surface area (Å²) >= 11 is 0. The fourth-order valence-corrected chi connectivity index (χ4v) is 1.98. The summed E-state index contributed by atoms with van der Waals surface area (Å²) in [6.45, 7) is 4.34. The number of nitrogens with zero attached hydrogens (tertiary/aromatic N) is 1. The van der Waals surface area contributed by atoms with Gasteiger partial charge in [-0.3, -0.25) is 0 Å². The minimum Gasteiger partial charge on any atom is -0.380 e.